The number of aromatic nitrogens is 2. The van der Waals surface area contributed by atoms with E-state index in [0.717, 1.165) is 11.1 Å². The molecular formula is C19H18FN3O3. The lowest BCUT2D eigenvalue weighted by atomic mass is 10.1. The van der Waals surface area contributed by atoms with E-state index in [1.54, 1.807) is 43.3 Å². The summed E-state index contributed by atoms with van der Waals surface area (Å²) < 4.78 is 23.8. The lowest BCUT2D eigenvalue weighted by Gasteiger charge is -2.19. The summed E-state index contributed by atoms with van der Waals surface area (Å²) in [7, 11) is 0. The minimum Gasteiger partial charge on any atom is -0.481 e. The summed E-state index contributed by atoms with van der Waals surface area (Å²) in [5, 5.41) is 10.3. The lowest BCUT2D eigenvalue weighted by molar-refractivity contribution is -0.127. The van der Waals surface area contributed by atoms with Crippen molar-refractivity contribution in [1.29, 1.82) is 0 Å². The number of hydrogen-bond acceptors (Lipinski definition) is 5. The molecule has 0 unspecified atom stereocenters. The van der Waals surface area contributed by atoms with Crippen molar-refractivity contribution in [2.24, 2.45) is 0 Å². The number of hydrogen-bond donors (Lipinski definition) is 1. The maximum atomic E-state index is 13.0. The van der Waals surface area contributed by atoms with E-state index in [-0.39, 0.29) is 17.8 Å². The molecule has 0 radical (unpaired) electrons. The third kappa shape index (κ3) is 4.24. The first-order valence-corrected chi connectivity index (χ1v) is 8.12. The molecule has 0 spiro atoms. The van der Waals surface area contributed by atoms with Gasteiger partial charge in [0, 0.05) is 5.56 Å². The molecule has 0 saturated carbocycles. The number of amides is 1. The first-order valence-electron chi connectivity index (χ1n) is 8.12. The van der Waals surface area contributed by atoms with Gasteiger partial charge in [-0.25, -0.2) is 4.39 Å². The van der Waals surface area contributed by atoms with Gasteiger partial charge in [-0.1, -0.05) is 12.1 Å². The molecule has 0 aliphatic carbocycles. The standard InChI is InChI=1S/C19H18FN3O3/c1-12(14-3-7-16(20)8-4-14)22-18(24)13(2)26-17-9-5-15(6-10-17)19-23-21-11-25-19/h3-13H,1-2H3,(H,22,24)/t12-,13+/m0/s1. The van der Waals surface area contributed by atoms with Gasteiger partial charge < -0.3 is 14.5 Å². The van der Waals surface area contributed by atoms with E-state index in [0.29, 0.717) is 11.6 Å². The van der Waals surface area contributed by atoms with Crippen LogP contribution in [0.25, 0.3) is 11.5 Å². The second-order valence-electron chi connectivity index (χ2n) is 5.81. The fourth-order valence-corrected chi connectivity index (χ4v) is 2.40. The van der Waals surface area contributed by atoms with Crippen LogP contribution in [0.3, 0.4) is 0 Å². The third-order valence-electron chi connectivity index (χ3n) is 3.87. The van der Waals surface area contributed by atoms with Gasteiger partial charge in [0.25, 0.3) is 5.91 Å². The molecule has 6 nitrogen and oxygen atoms in total. The van der Waals surface area contributed by atoms with Crippen LogP contribution in [0.1, 0.15) is 25.5 Å². The van der Waals surface area contributed by atoms with Crippen molar-refractivity contribution in [3.8, 4) is 17.2 Å². The van der Waals surface area contributed by atoms with Gasteiger partial charge in [0.1, 0.15) is 11.6 Å². The summed E-state index contributed by atoms with van der Waals surface area (Å²) in [6.45, 7) is 3.50. The normalized spacial score (nSPS) is 13.0. The number of ether oxygens (including phenoxy) is 1. The van der Waals surface area contributed by atoms with Crippen molar-refractivity contribution in [1.82, 2.24) is 15.5 Å². The Bertz CT molecular complexity index is 849. The Morgan fingerprint density at radius 2 is 1.81 bits per heavy atom. The van der Waals surface area contributed by atoms with E-state index in [4.69, 9.17) is 9.15 Å². The molecule has 1 heterocycles. The fraction of sp³-hybridized carbons (Fsp3) is 0.211. The molecule has 134 valence electrons. The smallest absolute Gasteiger partial charge is 0.261 e. The first-order chi connectivity index (χ1) is 12.5. The zero-order chi connectivity index (χ0) is 18.5. The van der Waals surface area contributed by atoms with E-state index >= 15 is 0 Å². The summed E-state index contributed by atoms with van der Waals surface area (Å²) >= 11 is 0. The summed E-state index contributed by atoms with van der Waals surface area (Å²) in [6, 6.07) is 12.8. The van der Waals surface area contributed by atoms with Gasteiger partial charge in [-0.2, -0.15) is 0 Å². The highest BCUT2D eigenvalue weighted by Gasteiger charge is 2.18. The van der Waals surface area contributed by atoms with Gasteiger partial charge in [0.05, 0.1) is 6.04 Å². The molecule has 26 heavy (non-hydrogen) atoms. The Kier molecular flexibility index (Phi) is 5.26. The van der Waals surface area contributed by atoms with Gasteiger partial charge in [0.2, 0.25) is 12.3 Å². The van der Waals surface area contributed by atoms with E-state index in [1.165, 1.54) is 18.5 Å². The molecule has 0 fully saturated rings. The van der Waals surface area contributed by atoms with Crippen LogP contribution in [0, 0.1) is 5.82 Å². The molecule has 0 saturated heterocycles. The van der Waals surface area contributed by atoms with Crippen LogP contribution in [0.4, 0.5) is 4.39 Å². The molecule has 3 rings (SSSR count). The van der Waals surface area contributed by atoms with Crippen molar-refractivity contribution in [3.05, 3.63) is 66.3 Å². The predicted molar refractivity (Wildman–Crippen MR) is 92.8 cm³/mol. The quantitative estimate of drug-likeness (QED) is 0.732. The molecule has 1 amide bonds. The molecule has 7 heteroatoms. The third-order valence-corrected chi connectivity index (χ3v) is 3.87. The molecule has 0 aliphatic rings. The number of rotatable bonds is 6. The van der Waals surface area contributed by atoms with Crippen LogP contribution >= 0.6 is 0 Å². The molecule has 3 aromatic rings. The van der Waals surface area contributed by atoms with Crippen LogP contribution in [0.2, 0.25) is 0 Å². The van der Waals surface area contributed by atoms with Crippen LogP contribution in [0.5, 0.6) is 5.75 Å². The van der Waals surface area contributed by atoms with Crippen LogP contribution < -0.4 is 10.1 Å². The molecule has 1 aromatic heterocycles. The molecule has 0 bridgehead atoms. The highest BCUT2D eigenvalue weighted by atomic mass is 19.1. The first kappa shape index (κ1) is 17.6. The highest BCUT2D eigenvalue weighted by Crippen LogP contribution is 2.21. The van der Waals surface area contributed by atoms with Crippen molar-refractivity contribution in [3.63, 3.8) is 0 Å². The van der Waals surface area contributed by atoms with Gasteiger partial charge in [-0.05, 0) is 55.8 Å². The molecule has 2 atom stereocenters. The number of carbonyl (C=O) groups excluding carboxylic acids is 1. The zero-order valence-electron chi connectivity index (χ0n) is 14.3. The monoisotopic (exact) mass is 355 g/mol. The summed E-state index contributed by atoms with van der Waals surface area (Å²) in [6.07, 6.45) is 0.571. The summed E-state index contributed by atoms with van der Waals surface area (Å²) in [4.78, 5) is 12.3. The van der Waals surface area contributed by atoms with E-state index < -0.39 is 6.10 Å². The minimum atomic E-state index is -0.688. The largest absolute Gasteiger partial charge is 0.481 e. The van der Waals surface area contributed by atoms with Gasteiger partial charge in [-0.3, -0.25) is 4.79 Å². The average Bonchev–Trinajstić information content (AvgIpc) is 3.17. The van der Waals surface area contributed by atoms with Crippen LogP contribution in [-0.2, 0) is 4.79 Å². The topological polar surface area (TPSA) is 77.2 Å². The van der Waals surface area contributed by atoms with E-state index in [9.17, 15) is 9.18 Å². The Morgan fingerprint density at radius 1 is 1.12 bits per heavy atom. The Morgan fingerprint density at radius 3 is 2.42 bits per heavy atom. The number of carbonyl (C=O) groups is 1. The van der Waals surface area contributed by atoms with Gasteiger partial charge in [0.15, 0.2) is 6.10 Å². The van der Waals surface area contributed by atoms with Crippen molar-refractivity contribution in [2.45, 2.75) is 26.0 Å². The molecular weight excluding hydrogens is 337 g/mol. The molecule has 1 N–H and O–H groups in total. The SMILES string of the molecule is C[C@H](NC(=O)[C@@H](C)Oc1ccc(-c2nnco2)cc1)c1ccc(F)cc1. The zero-order valence-corrected chi connectivity index (χ0v) is 14.3. The van der Waals surface area contributed by atoms with Crippen molar-refractivity contribution < 1.29 is 18.3 Å². The molecule has 0 aliphatic heterocycles. The van der Waals surface area contributed by atoms with Crippen molar-refractivity contribution >= 4 is 5.91 Å². The average molecular weight is 355 g/mol. The minimum absolute atomic E-state index is 0.256. The second kappa shape index (κ2) is 7.77. The fourth-order valence-electron chi connectivity index (χ4n) is 2.40. The Labute approximate surface area is 150 Å². The van der Waals surface area contributed by atoms with E-state index in [1.807, 2.05) is 6.92 Å². The maximum absolute atomic E-state index is 13.0. The van der Waals surface area contributed by atoms with E-state index in [2.05, 4.69) is 15.5 Å². The van der Waals surface area contributed by atoms with Gasteiger partial charge >= 0.3 is 0 Å². The van der Waals surface area contributed by atoms with Crippen molar-refractivity contribution in [2.75, 3.05) is 0 Å². The highest BCUT2D eigenvalue weighted by molar-refractivity contribution is 5.81. The number of nitrogens with zero attached hydrogens (tertiary/aromatic N) is 2. The summed E-state index contributed by atoms with van der Waals surface area (Å²) in [5.41, 5.74) is 1.58. The van der Waals surface area contributed by atoms with Crippen LogP contribution in [-0.4, -0.2) is 22.2 Å². The van der Waals surface area contributed by atoms with Gasteiger partial charge in [-0.15, -0.1) is 10.2 Å². The Hall–Kier alpha value is -3.22. The van der Waals surface area contributed by atoms with Crippen LogP contribution in [0.15, 0.2) is 59.3 Å². The predicted octanol–water partition coefficient (Wildman–Crippen LogP) is 3.52. The number of halogens is 1. The number of nitrogens with one attached hydrogen (secondary N) is 1. The maximum Gasteiger partial charge on any atom is 0.261 e. The second-order valence-corrected chi connectivity index (χ2v) is 5.81. The lowest BCUT2D eigenvalue weighted by Crippen LogP contribution is -2.37. The Balaban J connectivity index is 1.57. The summed E-state index contributed by atoms with van der Waals surface area (Å²) in [5.74, 6) is 0.386. The number of benzene rings is 2. The molecule has 2 aromatic carbocycles.